The van der Waals surface area contributed by atoms with Crippen molar-refractivity contribution >= 4 is 23.2 Å². The van der Waals surface area contributed by atoms with Crippen LogP contribution in [0.25, 0.3) is 0 Å². The minimum atomic E-state index is -0.820. The summed E-state index contributed by atoms with van der Waals surface area (Å²) in [5, 5.41) is 13.9. The maximum atomic E-state index is 11.8. The number of amides is 2. The summed E-state index contributed by atoms with van der Waals surface area (Å²) in [7, 11) is 0. The summed E-state index contributed by atoms with van der Waals surface area (Å²) >= 11 is 0. The van der Waals surface area contributed by atoms with E-state index >= 15 is 0 Å². The van der Waals surface area contributed by atoms with E-state index in [0.29, 0.717) is 16.9 Å². The summed E-state index contributed by atoms with van der Waals surface area (Å²) < 4.78 is 0. The summed E-state index contributed by atoms with van der Waals surface area (Å²) in [4.78, 5) is 23.7. The number of nitrogens with one attached hydrogen (secondary N) is 2. The zero-order chi connectivity index (χ0) is 15.2. The van der Waals surface area contributed by atoms with E-state index in [-0.39, 0.29) is 0 Å². The first-order valence-corrected chi connectivity index (χ1v) is 6.28. The fourth-order valence-corrected chi connectivity index (χ4v) is 1.78. The molecule has 0 aromatic heterocycles. The number of nitriles is 1. The highest BCUT2D eigenvalue weighted by Crippen LogP contribution is 2.14. The second-order valence-electron chi connectivity index (χ2n) is 4.44. The number of para-hydroxylation sites is 1. The van der Waals surface area contributed by atoms with E-state index in [1.54, 1.807) is 42.5 Å². The van der Waals surface area contributed by atoms with Gasteiger partial charge >= 0.3 is 11.8 Å². The molecule has 0 spiro atoms. The van der Waals surface area contributed by atoms with Crippen molar-refractivity contribution in [3.8, 4) is 6.07 Å². The molecule has 2 N–H and O–H groups in total. The van der Waals surface area contributed by atoms with Gasteiger partial charge in [0.1, 0.15) is 6.07 Å². The normalized spacial score (nSPS) is 9.52. The molecular weight excluding hydrogens is 266 g/mol. The van der Waals surface area contributed by atoms with Gasteiger partial charge in [-0.1, -0.05) is 24.3 Å². The van der Waals surface area contributed by atoms with Crippen LogP contribution in [0.1, 0.15) is 11.1 Å². The summed E-state index contributed by atoms with van der Waals surface area (Å²) in [6, 6.07) is 15.6. The van der Waals surface area contributed by atoms with Gasteiger partial charge in [0, 0.05) is 5.69 Å². The lowest BCUT2D eigenvalue weighted by atomic mass is 10.2. The molecule has 2 rings (SSSR count). The molecule has 0 unspecified atom stereocenters. The number of anilines is 2. The fourth-order valence-electron chi connectivity index (χ4n) is 1.78. The van der Waals surface area contributed by atoms with Crippen molar-refractivity contribution in [1.82, 2.24) is 0 Å². The van der Waals surface area contributed by atoms with Crippen molar-refractivity contribution in [3.63, 3.8) is 0 Å². The van der Waals surface area contributed by atoms with Crippen LogP contribution in [0.4, 0.5) is 11.4 Å². The van der Waals surface area contributed by atoms with Gasteiger partial charge in [0.15, 0.2) is 0 Å². The molecule has 0 saturated carbocycles. The van der Waals surface area contributed by atoms with E-state index in [2.05, 4.69) is 10.6 Å². The van der Waals surface area contributed by atoms with Crippen LogP contribution in [0.2, 0.25) is 0 Å². The lowest BCUT2D eigenvalue weighted by Crippen LogP contribution is -2.29. The highest BCUT2D eigenvalue weighted by molar-refractivity contribution is 6.43. The number of nitrogens with zero attached hydrogens (tertiary/aromatic N) is 1. The quantitative estimate of drug-likeness (QED) is 0.828. The Morgan fingerprint density at radius 3 is 2.43 bits per heavy atom. The van der Waals surface area contributed by atoms with Crippen LogP contribution in [0.3, 0.4) is 0 Å². The first kappa shape index (κ1) is 14.3. The van der Waals surface area contributed by atoms with Crippen LogP contribution in [0.5, 0.6) is 0 Å². The van der Waals surface area contributed by atoms with E-state index in [1.165, 1.54) is 0 Å². The highest BCUT2D eigenvalue weighted by atomic mass is 16.2. The van der Waals surface area contributed by atoms with Crippen molar-refractivity contribution in [3.05, 3.63) is 59.7 Å². The van der Waals surface area contributed by atoms with Crippen LogP contribution in [-0.4, -0.2) is 11.8 Å². The molecule has 104 valence electrons. The molecule has 0 aliphatic heterocycles. The van der Waals surface area contributed by atoms with Crippen molar-refractivity contribution in [1.29, 1.82) is 5.26 Å². The molecule has 0 saturated heterocycles. The summed E-state index contributed by atoms with van der Waals surface area (Å²) in [5.41, 5.74) is 2.13. The molecule has 0 radical (unpaired) electrons. The van der Waals surface area contributed by atoms with Gasteiger partial charge in [0.2, 0.25) is 0 Å². The fraction of sp³-hybridized carbons (Fsp3) is 0.0625. The van der Waals surface area contributed by atoms with Crippen molar-refractivity contribution < 1.29 is 9.59 Å². The summed E-state index contributed by atoms with van der Waals surface area (Å²) in [6.07, 6.45) is 0. The van der Waals surface area contributed by atoms with Crippen LogP contribution in [0.15, 0.2) is 48.5 Å². The third kappa shape index (κ3) is 3.67. The van der Waals surface area contributed by atoms with Gasteiger partial charge in [-0.25, -0.2) is 0 Å². The smallest absolute Gasteiger partial charge is 0.314 e. The zero-order valence-electron chi connectivity index (χ0n) is 11.4. The number of carbonyl (C=O) groups excluding carboxylic acids is 2. The number of rotatable bonds is 2. The standard InChI is InChI=1S/C16H13N3O2/c1-11-5-4-7-13(9-11)18-15(20)16(21)19-14-8-3-2-6-12(14)10-17/h2-9H,1H3,(H,18,20)(H,19,21). The molecule has 2 aromatic carbocycles. The molecule has 0 aliphatic carbocycles. The maximum absolute atomic E-state index is 11.8. The Hall–Kier alpha value is -3.13. The van der Waals surface area contributed by atoms with E-state index in [9.17, 15) is 9.59 Å². The second-order valence-corrected chi connectivity index (χ2v) is 4.44. The molecule has 2 aromatic rings. The number of hydrogen-bond acceptors (Lipinski definition) is 3. The average molecular weight is 279 g/mol. The minimum Gasteiger partial charge on any atom is -0.318 e. The largest absolute Gasteiger partial charge is 0.318 e. The molecular formula is C16H13N3O2. The summed E-state index contributed by atoms with van der Waals surface area (Å²) in [6.45, 7) is 1.89. The third-order valence-electron chi connectivity index (χ3n) is 2.78. The Labute approximate surface area is 122 Å². The minimum absolute atomic E-state index is 0.300. The average Bonchev–Trinajstić information content (AvgIpc) is 2.47. The van der Waals surface area contributed by atoms with E-state index in [1.807, 2.05) is 19.1 Å². The third-order valence-corrected chi connectivity index (χ3v) is 2.78. The number of carbonyl (C=O) groups is 2. The van der Waals surface area contributed by atoms with Gasteiger partial charge < -0.3 is 10.6 Å². The first-order valence-electron chi connectivity index (χ1n) is 6.28. The molecule has 0 aliphatic rings. The number of benzene rings is 2. The first-order chi connectivity index (χ1) is 10.1. The van der Waals surface area contributed by atoms with Gasteiger partial charge in [0.05, 0.1) is 11.3 Å². The molecule has 0 atom stereocenters. The molecule has 0 fully saturated rings. The Balaban J connectivity index is 2.07. The molecule has 2 amide bonds. The molecule has 0 heterocycles. The Kier molecular flexibility index (Phi) is 4.32. The van der Waals surface area contributed by atoms with Gasteiger partial charge in [-0.3, -0.25) is 9.59 Å². The number of hydrogen-bond donors (Lipinski definition) is 2. The Morgan fingerprint density at radius 2 is 1.71 bits per heavy atom. The second kappa shape index (κ2) is 6.35. The van der Waals surface area contributed by atoms with Gasteiger partial charge in [-0.15, -0.1) is 0 Å². The van der Waals surface area contributed by atoms with Crippen LogP contribution in [-0.2, 0) is 9.59 Å². The van der Waals surface area contributed by atoms with Crippen LogP contribution < -0.4 is 10.6 Å². The highest BCUT2D eigenvalue weighted by Gasteiger charge is 2.15. The lowest BCUT2D eigenvalue weighted by Gasteiger charge is -2.08. The predicted molar refractivity (Wildman–Crippen MR) is 79.6 cm³/mol. The Morgan fingerprint density at radius 1 is 1.00 bits per heavy atom. The Bertz CT molecular complexity index is 732. The van der Waals surface area contributed by atoms with Crippen molar-refractivity contribution in [2.45, 2.75) is 6.92 Å². The molecule has 5 heteroatoms. The SMILES string of the molecule is Cc1cccc(NC(=O)C(=O)Nc2ccccc2C#N)c1. The van der Waals surface area contributed by atoms with Crippen LogP contribution in [0, 0.1) is 18.3 Å². The van der Waals surface area contributed by atoms with E-state index in [0.717, 1.165) is 5.56 Å². The predicted octanol–water partition coefficient (Wildman–Crippen LogP) is 2.44. The maximum Gasteiger partial charge on any atom is 0.314 e. The van der Waals surface area contributed by atoms with E-state index < -0.39 is 11.8 Å². The topological polar surface area (TPSA) is 82.0 Å². The van der Waals surface area contributed by atoms with E-state index in [4.69, 9.17) is 5.26 Å². The molecule has 0 bridgehead atoms. The molecule has 5 nitrogen and oxygen atoms in total. The molecule has 21 heavy (non-hydrogen) atoms. The van der Waals surface area contributed by atoms with Gasteiger partial charge in [-0.2, -0.15) is 5.26 Å². The van der Waals surface area contributed by atoms with Crippen LogP contribution >= 0.6 is 0 Å². The number of aryl methyl sites for hydroxylation is 1. The van der Waals surface area contributed by atoms with Crippen molar-refractivity contribution in [2.24, 2.45) is 0 Å². The van der Waals surface area contributed by atoms with Gasteiger partial charge in [-0.05, 0) is 36.8 Å². The van der Waals surface area contributed by atoms with Crippen molar-refractivity contribution in [2.75, 3.05) is 10.6 Å². The summed E-state index contributed by atoms with van der Waals surface area (Å²) in [5.74, 6) is -1.60. The lowest BCUT2D eigenvalue weighted by molar-refractivity contribution is -0.133. The zero-order valence-corrected chi connectivity index (χ0v) is 11.4. The van der Waals surface area contributed by atoms with Gasteiger partial charge in [0.25, 0.3) is 0 Å². The monoisotopic (exact) mass is 279 g/mol.